The number of hydrogen-bond acceptors (Lipinski definition) is 5. The average molecular weight is 483 g/mol. The molecule has 0 unspecified atom stereocenters. The summed E-state index contributed by atoms with van der Waals surface area (Å²) >= 11 is 0. The summed E-state index contributed by atoms with van der Waals surface area (Å²) in [6, 6.07) is 4.54. The fraction of sp³-hybridized carbons (Fsp3) is 0.833. The lowest BCUT2D eigenvalue weighted by atomic mass is 10.1. The highest BCUT2D eigenvalue weighted by atomic mass is 28.4. The van der Waals surface area contributed by atoms with Crippen molar-refractivity contribution in [2.24, 2.45) is 5.92 Å². The molecule has 2 rings (SSSR count). The van der Waals surface area contributed by atoms with Gasteiger partial charge < -0.3 is 14.2 Å². The van der Waals surface area contributed by atoms with Crippen LogP contribution in [0.3, 0.4) is 0 Å². The molecular formula is C24H45FN3O2Si2. The van der Waals surface area contributed by atoms with E-state index in [0.29, 0.717) is 18.8 Å². The summed E-state index contributed by atoms with van der Waals surface area (Å²) in [6.45, 7) is 22.9. The smallest absolute Gasteiger partial charge is 0.198 e. The van der Waals surface area contributed by atoms with Crippen LogP contribution in [0.25, 0.3) is 0 Å². The first-order chi connectivity index (χ1) is 14.7. The van der Waals surface area contributed by atoms with E-state index in [1.807, 2.05) is 0 Å². The largest absolute Gasteiger partial charge is 0.416 e. The number of aromatic nitrogens is 2. The van der Waals surface area contributed by atoms with Crippen LogP contribution >= 0.6 is 0 Å². The average Bonchev–Trinajstić information content (AvgIpc) is 2.98. The fourth-order valence-corrected chi connectivity index (χ4v) is 9.72. The van der Waals surface area contributed by atoms with Gasteiger partial charge in [-0.1, -0.05) is 55.4 Å². The maximum absolute atomic E-state index is 16.0. The predicted molar refractivity (Wildman–Crippen MR) is 136 cm³/mol. The molecule has 0 amide bonds. The second kappa shape index (κ2) is 10.2. The summed E-state index contributed by atoms with van der Waals surface area (Å²) in [6.07, 6.45) is 2.07. The Kier molecular flexibility index (Phi) is 8.73. The molecule has 1 saturated carbocycles. The summed E-state index contributed by atoms with van der Waals surface area (Å²) in [5, 5.41) is 3.40. The van der Waals surface area contributed by atoms with Gasteiger partial charge in [0.1, 0.15) is 18.3 Å². The molecule has 0 saturated heterocycles. The molecule has 1 aromatic heterocycles. The second-order valence-corrected chi connectivity index (χ2v) is 21.8. The molecule has 5 nitrogen and oxygen atoms in total. The summed E-state index contributed by atoms with van der Waals surface area (Å²) in [5.74, 6) is 0.536. The Morgan fingerprint density at radius 2 is 1.75 bits per heavy atom. The van der Waals surface area contributed by atoms with Gasteiger partial charge in [0, 0.05) is 24.8 Å². The van der Waals surface area contributed by atoms with Crippen molar-refractivity contribution in [2.75, 3.05) is 11.9 Å². The Balaban J connectivity index is 2.29. The highest BCUT2D eigenvalue weighted by Gasteiger charge is 2.52. The summed E-state index contributed by atoms with van der Waals surface area (Å²) < 4.78 is 29.5. The van der Waals surface area contributed by atoms with E-state index < -0.39 is 28.9 Å². The zero-order valence-electron chi connectivity index (χ0n) is 21.9. The molecule has 1 aromatic rings. The van der Waals surface area contributed by atoms with E-state index in [4.69, 9.17) is 8.85 Å². The van der Waals surface area contributed by atoms with Gasteiger partial charge in [0.2, 0.25) is 0 Å². The second-order valence-electron chi connectivity index (χ2n) is 11.8. The third-order valence-corrected chi connectivity index (χ3v) is 18.1. The molecule has 1 N–H and O–H groups in total. The van der Waals surface area contributed by atoms with Crippen molar-refractivity contribution < 1.29 is 13.2 Å². The summed E-state index contributed by atoms with van der Waals surface area (Å²) in [4.78, 5) is 8.10. The van der Waals surface area contributed by atoms with Gasteiger partial charge in [-0.05, 0) is 41.7 Å². The van der Waals surface area contributed by atoms with Crippen LogP contribution in [-0.2, 0) is 8.85 Å². The molecule has 1 heterocycles. The van der Waals surface area contributed by atoms with Gasteiger partial charge in [-0.3, -0.25) is 0 Å². The van der Waals surface area contributed by atoms with Gasteiger partial charge in [-0.2, -0.15) is 0 Å². The number of halogens is 1. The van der Waals surface area contributed by atoms with Crippen molar-refractivity contribution in [3.8, 4) is 0 Å². The lowest BCUT2D eigenvalue weighted by Gasteiger charge is -2.45. The molecule has 1 fully saturated rings. The molecule has 32 heavy (non-hydrogen) atoms. The van der Waals surface area contributed by atoms with Crippen molar-refractivity contribution in [3.63, 3.8) is 0 Å². The van der Waals surface area contributed by atoms with Crippen molar-refractivity contribution in [3.05, 3.63) is 18.6 Å². The Hall–Kier alpha value is -0.836. The van der Waals surface area contributed by atoms with Crippen LogP contribution in [-0.4, -0.2) is 51.5 Å². The quantitative estimate of drug-likeness (QED) is 0.401. The predicted octanol–water partition coefficient (Wildman–Crippen LogP) is 6.61. The Labute approximate surface area is 197 Å². The van der Waals surface area contributed by atoms with Gasteiger partial charge in [-0.25, -0.2) is 14.4 Å². The Morgan fingerprint density at radius 3 is 2.22 bits per heavy atom. The first-order valence-corrected chi connectivity index (χ1v) is 17.3. The minimum Gasteiger partial charge on any atom is -0.416 e. The number of rotatable bonds is 9. The molecule has 8 heteroatoms. The maximum atomic E-state index is 16.0. The van der Waals surface area contributed by atoms with Crippen LogP contribution in [0.5, 0.6) is 0 Å². The van der Waals surface area contributed by atoms with Crippen molar-refractivity contribution >= 4 is 22.5 Å². The summed E-state index contributed by atoms with van der Waals surface area (Å²) in [5.41, 5.74) is 0. The van der Waals surface area contributed by atoms with Crippen LogP contribution in [0, 0.1) is 12.0 Å². The van der Waals surface area contributed by atoms with E-state index in [-0.39, 0.29) is 22.0 Å². The van der Waals surface area contributed by atoms with Gasteiger partial charge in [-0.15, -0.1) is 0 Å². The van der Waals surface area contributed by atoms with Gasteiger partial charge >= 0.3 is 0 Å². The molecule has 0 spiro atoms. The molecular weight excluding hydrogens is 437 g/mol. The van der Waals surface area contributed by atoms with Crippen LogP contribution < -0.4 is 5.32 Å². The van der Waals surface area contributed by atoms with E-state index in [1.165, 1.54) is 6.33 Å². The highest BCUT2D eigenvalue weighted by molar-refractivity contribution is 6.76. The first kappa shape index (κ1) is 27.4. The number of hydrogen-bond donors (Lipinski definition) is 1. The van der Waals surface area contributed by atoms with E-state index >= 15 is 4.39 Å². The minimum atomic E-state index is -2.17. The summed E-state index contributed by atoms with van der Waals surface area (Å²) in [7, 11) is -4.12. The van der Waals surface area contributed by atoms with Gasteiger partial charge in [0.15, 0.2) is 16.6 Å². The molecule has 1 aliphatic carbocycles. The Bertz CT molecular complexity index is 718. The third kappa shape index (κ3) is 5.99. The molecule has 183 valence electrons. The molecule has 0 aliphatic heterocycles. The fourth-order valence-electron chi connectivity index (χ4n) is 4.50. The van der Waals surface area contributed by atoms with Crippen LogP contribution in [0.1, 0.15) is 61.8 Å². The molecule has 0 bridgehead atoms. The zero-order chi connectivity index (χ0) is 24.4. The van der Waals surface area contributed by atoms with Crippen LogP contribution in [0.15, 0.2) is 12.5 Å². The van der Waals surface area contributed by atoms with E-state index in [1.54, 1.807) is 6.20 Å². The van der Waals surface area contributed by atoms with Crippen molar-refractivity contribution in [2.45, 2.75) is 115 Å². The van der Waals surface area contributed by atoms with E-state index in [0.717, 1.165) is 12.1 Å². The van der Waals surface area contributed by atoms with E-state index in [2.05, 4.69) is 89.8 Å². The first-order valence-electron chi connectivity index (χ1n) is 12.1. The van der Waals surface area contributed by atoms with Crippen molar-refractivity contribution in [1.29, 1.82) is 0 Å². The third-order valence-electron chi connectivity index (χ3n) is 7.91. The molecule has 1 radical (unpaired) electrons. The number of alkyl halides is 1. The zero-order valence-corrected chi connectivity index (χ0v) is 23.9. The topological polar surface area (TPSA) is 56.3 Å². The number of nitrogens with one attached hydrogen (secondary N) is 1. The lowest BCUT2D eigenvalue weighted by molar-refractivity contribution is 0.0525. The van der Waals surface area contributed by atoms with E-state index in [9.17, 15) is 0 Å². The highest BCUT2D eigenvalue weighted by Crippen LogP contribution is 2.46. The monoisotopic (exact) mass is 482 g/mol. The standard InChI is InChI=1S/C24H45FN3O2Si2/c1-11-32(12-2,24(6,7)8)30-22-18(16-29-31(9,10)23(3,4)5)15-19(21(22)25)28-20-13-14-26-17-27-20/h14,17-19,21-22H,11-12,15-16H2,1-10H3,(H,26,27,28)/t18-,19-,21-,22-/m1/s1. The van der Waals surface area contributed by atoms with Gasteiger partial charge in [0.05, 0.1) is 12.1 Å². The lowest BCUT2D eigenvalue weighted by Crippen LogP contribution is -2.52. The van der Waals surface area contributed by atoms with Gasteiger partial charge in [0.25, 0.3) is 0 Å². The Morgan fingerprint density at radius 1 is 1.12 bits per heavy atom. The minimum absolute atomic E-state index is 0.00536. The maximum Gasteiger partial charge on any atom is 0.198 e. The molecule has 1 aliphatic rings. The molecule has 0 aromatic carbocycles. The van der Waals surface area contributed by atoms with Crippen molar-refractivity contribution in [1.82, 2.24) is 9.97 Å². The molecule has 4 atom stereocenters. The normalized spacial score (nSPS) is 25.2. The number of nitrogens with zero attached hydrogens (tertiary/aromatic N) is 2. The number of anilines is 1. The SMILES string of the molecule is CC[Si](CC)(O[C@@H]1[C@@H](CO[Si](C)(C)C(C)(C)C)C[C@@H](Nc2[c]cncn2)[C@H]1F)C(C)(C)C. The van der Waals surface area contributed by atoms with Crippen LogP contribution in [0.4, 0.5) is 10.2 Å². The van der Waals surface area contributed by atoms with Crippen LogP contribution in [0.2, 0.25) is 35.3 Å².